The molecule has 1 saturated carbocycles. The largest absolute Gasteiger partial charge is 0.383 e. The number of benzene rings is 1. The van der Waals surface area contributed by atoms with E-state index in [1.165, 1.54) is 12.3 Å². The molecule has 204 valence electrons. The van der Waals surface area contributed by atoms with Crippen LogP contribution in [0.4, 0.5) is 20.2 Å². The molecule has 0 spiro atoms. The summed E-state index contributed by atoms with van der Waals surface area (Å²) >= 11 is 0. The van der Waals surface area contributed by atoms with E-state index in [1.807, 2.05) is 6.07 Å². The first-order valence-corrected chi connectivity index (χ1v) is 13.0. The highest BCUT2D eigenvalue weighted by molar-refractivity contribution is 5.99. The summed E-state index contributed by atoms with van der Waals surface area (Å²) in [4.78, 5) is 8.39. The van der Waals surface area contributed by atoms with Gasteiger partial charge in [-0.2, -0.15) is 14.9 Å². The summed E-state index contributed by atoms with van der Waals surface area (Å²) < 4.78 is 29.2. The molecule has 0 unspecified atom stereocenters. The summed E-state index contributed by atoms with van der Waals surface area (Å²) in [7, 11) is 0. The predicted molar refractivity (Wildman–Crippen MR) is 147 cm³/mol. The van der Waals surface area contributed by atoms with Crippen molar-refractivity contribution in [1.82, 2.24) is 25.0 Å². The van der Waals surface area contributed by atoms with Crippen LogP contribution in [0.2, 0.25) is 0 Å². The predicted octanol–water partition coefficient (Wildman–Crippen LogP) is 5.53. The Labute approximate surface area is 230 Å². The van der Waals surface area contributed by atoms with Crippen LogP contribution in [0.15, 0.2) is 36.7 Å². The van der Waals surface area contributed by atoms with Crippen molar-refractivity contribution in [2.45, 2.75) is 52.1 Å². The fourth-order valence-corrected chi connectivity index (χ4v) is 4.63. The van der Waals surface area contributed by atoms with E-state index in [0.29, 0.717) is 69.7 Å². The molecule has 4 aromatic rings. The van der Waals surface area contributed by atoms with E-state index < -0.39 is 24.2 Å². The third-order valence-corrected chi connectivity index (χ3v) is 7.09. The third-order valence-electron chi connectivity index (χ3n) is 7.09. The summed E-state index contributed by atoms with van der Waals surface area (Å²) in [6.45, 7) is 7.97. The monoisotopic (exact) mass is 541 g/mol. The van der Waals surface area contributed by atoms with Crippen LogP contribution in [0.1, 0.15) is 67.7 Å². The molecule has 1 aliphatic carbocycles. The van der Waals surface area contributed by atoms with Crippen molar-refractivity contribution in [3.63, 3.8) is 0 Å². The molecule has 0 amide bonds. The van der Waals surface area contributed by atoms with E-state index in [1.54, 1.807) is 29.9 Å². The highest BCUT2D eigenvalue weighted by Gasteiger charge is 2.46. The first kappa shape index (κ1) is 26.9. The molecule has 0 bridgehead atoms. The second-order valence-corrected chi connectivity index (χ2v) is 11.4. The number of nitrogens with one attached hydrogen (secondary N) is 2. The van der Waals surface area contributed by atoms with Crippen LogP contribution in [-0.2, 0) is 5.54 Å². The zero-order valence-electron chi connectivity index (χ0n) is 22.8. The smallest absolute Gasteiger partial charge is 0.213 e. The quantitative estimate of drug-likeness (QED) is 0.279. The van der Waals surface area contributed by atoms with Crippen molar-refractivity contribution in [2.75, 3.05) is 23.9 Å². The average molecular weight is 542 g/mol. The molecule has 5 rings (SSSR count). The molecule has 1 aromatic carbocycles. The van der Waals surface area contributed by atoms with Gasteiger partial charge in [-0.15, -0.1) is 5.10 Å². The van der Waals surface area contributed by atoms with Crippen molar-refractivity contribution in [3.8, 4) is 12.1 Å². The molecule has 3 aromatic heterocycles. The number of alkyl halides is 1. The lowest BCUT2D eigenvalue weighted by atomic mass is 9.96. The van der Waals surface area contributed by atoms with Gasteiger partial charge in [-0.05, 0) is 43.4 Å². The molecule has 0 radical (unpaired) electrons. The molecule has 9 nitrogen and oxygen atoms in total. The minimum atomic E-state index is -0.671. The van der Waals surface area contributed by atoms with Crippen LogP contribution in [0, 0.1) is 40.9 Å². The van der Waals surface area contributed by atoms with E-state index in [9.17, 15) is 19.3 Å². The summed E-state index contributed by atoms with van der Waals surface area (Å²) in [6, 6.07) is 10.1. The first-order chi connectivity index (χ1) is 19.1. The van der Waals surface area contributed by atoms with Crippen molar-refractivity contribution in [3.05, 3.63) is 70.7 Å². The van der Waals surface area contributed by atoms with Gasteiger partial charge in [0, 0.05) is 35.1 Å². The Balaban J connectivity index is 1.63. The molecule has 3 heterocycles. The van der Waals surface area contributed by atoms with Crippen LogP contribution < -0.4 is 10.6 Å². The molecule has 2 N–H and O–H groups in total. The standard InChI is InChI=1S/C29H29F2N9/c1-17-21(5-6-24(31)36-17)27(23-14-40(39-38-23)29(15-30)7-8-29)37-20-9-18(11-32)25-22(10-20)26(19(12-33)13-34-25)35-16-28(2,3)4/h5-6,9-10,13-14,27,37H,7-8,15-16H2,1-4H3,(H,34,35)/t27-/m0/s1. The number of anilines is 2. The van der Waals surface area contributed by atoms with Crippen molar-refractivity contribution in [2.24, 2.45) is 5.41 Å². The Bertz CT molecular complexity index is 1670. The highest BCUT2D eigenvalue weighted by Crippen LogP contribution is 2.44. The van der Waals surface area contributed by atoms with Crippen LogP contribution >= 0.6 is 0 Å². The first-order valence-electron chi connectivity index (χ1n) is 13.0. The van der Waals surface area contributed by atoms with Crippen LogP contribution in [0.25, 0.3) is 10.9 Å². The van der Waals surface area contributed by atoms with E-state index in [4.69, 9.17) is 0 Å². The van der Waals surface area contributed by atoms with Gasteiger partial charge in [0.15, 0.2) is 0 Å². The number of rotatable bonds is 8. The molecule has 1 aliphatic rings. The number of fused-ring (bicyclic) bond motifs is 1. The maximum absolute atomic E-state index is 13.9. The zero-order chi connectivity index (χ0) is 28.7. The van der Waals surface area contributed by atoms with Crippen LogP contribution in [-0.4, -0.2) is 38.2 Å². The number of nitriles is 2. The topological polar surface area (TPSA) is 128 Å². The maximum Gasteiger partial charge on any atom is 0.213 e. The maximum atomic E-state index is 13.9. The Morgan fingerprint density at radius 2 is 1.90 bits per heavy atom. The number of hydrogen-bond donors (Lipinski definition) is 2. The molecule has 11 heteroatoms. The molecule has 1 atom stereocenters. The average Bonchev–Trinajstić information content (AvgIpc) is 3.57. The summed E-state index contributed by atoms with van der Waals surface area (Å²) in [6.07, 6.45) is 4.52. The van der Waals surface area contributed by atoms with E-state index in [2.05, 4.69) is 63.8 Å². The van der Waals surface area contributed by atoms with Gasteiger partial charge >= 0.3 is 0 Å². The van der Waals surface area contributed by atoms with Gasteiger partial charge in [0.05, 0.1) is 40.1 Å². The van der Waals surface area contributed by atoms with Gasteiger partial charge in [-0.1, -0.05) is 32.1 Å². The molecule has 0 aliphatic heterocycles. The number of aryl methyl sites for hydroxylation is 1. The number of hydrogen-bond acceptors (Lipinski definition) is 8. The van der Waals surface area contributed by atoms with Gasteiger partial charge < -0.3 is 10.6 Å². The molecule has 40 heavy (non-hydrogen) atoms. The second-order valence-electron chi connectivity index (χ2n) is 11.4. The van der Waals surface area contributed by atoms with Gasteiger partial charge in [-0.25, -0.2) is 14.1 Å². The van der Waals surface area contributed by atoms with Crippen molar-refractivity contribution in [1.29, 1.82) is 10.5 Å². The van der Waals surface area contributed by atoms with Crippen molar-refractivity contribution < 1.29 is 8.78 Å². The molecule has 1 fully saturated rings. The van der Waals surface area contributed by atoms with E-state index in [-0.39, 0.29) is 5.41 Å². The van der Waals surface area contributed by atoms with Gasteiger partial charge in [0.25, 0.3) is 0 Å². The van der Waals surface area contributed by atoms with Crippen LogP contribution in [0.5, 0.6) is 0 Å². The lowest BCUT2D eigenvalue weighted by Crippen LogP contribution is -2.20. The van der Waals surface area contributed by atoms with Gasteiger partial charge in [0.2, 0.25) is 5.95 Å². The summed E-state index contributed by atoms with van der Waals surface area (Å²) in [5.74, 6) is -0.611. The Morgan fingerprint density at radius 1 is 1.15 bits per heavy atom. The Hall–Kier alpha value is -4.64. The van der Waals surface area contributed by atoms with E-state index in [0.717, 1.165) is 0 Å². The number of pyridine rings is 2. The summed E-state index contributed by atoms with van der Waals surface area (Å²) in [5, 5.41) is 35.7. The SMILES string of the molecule is Cc1nc(F)ccc1[C@H](Nc1cc(C#N)c2ncc(C#N)c(NCC(C)(C)C)c2c1)c1cn(C2(CF)CC2)nn1. The Morgan fingerprint density at radius 3 is 2.52 bits per heavy atom. The second kappa shape index (κ2) is 10.2. The number of halogens is 2. The fraction of sp³-hybridized carbons (Fsp3) is 0.379. The lowest BCUT2D eigenvalue weighted by molar-refractivity contribution is 0.309. The summed E-state index contributed by atoms with van der Waals surface area (Å²) in [5.41, 5.74) is 3.11. The molecule has 0 saturated heterocycles. The fourth-order valence-electron chi connectivity index (χ4n) is 4.63. The van der Waals surface area contributed by atoms with E-state index >= 15 is 0 Å². The molecular formula is C29H29F2N9. The molecular weight excluding hydrogens is 512 g/mol. The van der Waals surface area contributed by atoms with Crippen molar-refractivity contribution >= 4 is 22.3 Å². The Kier molecular flexibility index (Phi) is 6.84. The minimum absolute atomic E-state index is 0.0706. The highest BCUT2D eigenvalue weighted by atomic mass is 19.1. The zero-order valence-corrected chi connectivity index (χ0v) is 22.8. The van der Waals surface area contributed by atoms with Gasteiger partial charge in [-0.3, -0.25) is 4.98 Å². The number of nitrogens with zero attached hydrogens (tertiary/aromatic N) is 7. The normalized spacial score (nSPS) is 14.8. The van der Waals surface area contributed by atoms with Gasteiger partial charge in [0.1, 0.15) is 24.5 Å². The third kappa shape index (κ3) is 5.15. The minimum Gasteiger partial charge on any atom is -0.383 e. The lowest BCUT2D eigenvalue weighted by Gasteiger charge is -2.23. The number of aromatic nitrogens is 5. The van der Waals surface area contributed by atoms with Crippen LogP contribution in [0.3, 0.4) is 0 Å².